The van der Waals surface area contributed by atoms with Gasteiger partial charge in [0.2, 0.25) is 0 Å². The van der Waals surface area contributed by atoms with Crippen LogP contribution in [0.4, 0.5) is 0 Å². The van der Waals surface area contributed by atoms with E-state index in [0.717, 1.165) is 11.1 Å². The number of hydrogen-bond donors (Lipinski definition) is 2. The minimum Gasteiger partial charge on any atom is -0.493 e. The summed E-state index contributed by atoms with van der Waals surface area (Å²) in [4.78, 5) is 0. The summed E-state index contributed by atoms with van der Waals surface area (Å²) in [5.74, 6) is 1.39. The van der Waals surface area contributed by atoms with Crippen molar-refractivity contribution < 1.29 is 14.6 Å². The van der Waals surface area contributed by atoms with Crippen molar-refractivity contribution in [2.24, 2.45) is 0 Å². The number of ether oxygens (including phenoxy) is 2. The van der Waals surface area contributed by atoms with Gasteiger partial charge < -0.3 is 19.9 Å². The van der Waals surface area contributed by atoms with Gasteiger partial charge in [0, 0.05) is 17.1 Å². The molecule has 0 fully saturated rings. The minimum atomic E-state index is -0.173. The molecule has 0 saturated heterocycles. The lowest BCUT2D eigenvalue weighted by Gasteiger charge is -2.19. The molecule has 0 spiro atoms. The molecule has 2 N–H and O–H groups in total. The summed E-state index contributed by atoms with van der Waals surface area (Å²) < 4.78 is 10.7. The van der Waals surface area contributed by atoms with Gasteiger partial charge in [-0.2, -0.15) is 0 Å². The molecule has 2 aromatic carbocycles. The van der Waals surface area contributed by atoms with Crippen LogP contribution in [-0.2, 0) is 6.54 Å². The Morgan fingerprint density at radius 3 is 2.41 bits per heavy atom. The Morgan fingerprint density at radius 1 is 1.09 bits per heavy atom. The van der Waals surface area contributed by atoms with Gasteiger partial charge in [-0.15, -0.1) is 0 Å². The molecule has 0 aliphatic heterocycles. The Morgan fingerprint density at radius 2 is 1.82 bits per heavy atom. The van der Waals surface area contributed by atoms with Crippen LogP contribution in [0.25, 0.3) is 0 Å². The average Bonchev–Trinajstić information content (AvgIpc) is 2.56. The van der Waals surface area contributed by atoms with Gasteiger partial charge in [-0.05, 0) is 23.8 Å². The average molecular weight is 322 g/mol. The van der Waals surface area contributed by atoms with Gasteiger partial charge in [-0.3, -0.25) is 0 Å². The SMILES string of the molecule is COc1cccc(CNC(CO)c2ccc(Cl)cc2)c1OC. The number of aliphatic hydroxyl groups is 1. The number of rotatable bonds is 7. The summed E-state index contributed by atoms with van der Waals surface area (Å²) in [5, 5.41) is 13.6. The van der Waals surface area contributed by atoms with Crippen molar-refractivity contribution in [1.29, 1.82) is 0 Å². The van der Waals surface area contributed by atoms with Gasteiger partial charge in [-0.1, -0.05) is 35.9 Å². The van der Waals surface area contributed by atoms with Crippen molar-refractivity contribution in [2.75, 3.05) is 20.8 Å². The zero-order chi connectivity index (χ0) is 15.9. The van der Waals surface area contributed by atoms with E-state index in [9.17, 15) is 5.11 Å². The molecule has 0 aromatic heterocycles. The van der Waals surface area contributed by atoms with Crippen LogP contribution in [0, 0.1) is 0 Å². The maximum atomic E-state index is 9.60. The number of methoxy groups -OCH3 is 2. The molecule has 0 radical (unpaired) electrons. The summed E-state index contributed by atoms with van der Waals surface area (Å²) in [6, 6.07) is 13.0. The molecule has 4 nitrogen and oxygen atoms in total. The molecule has 0 saturated carbocycles. The van der Waals surface area contributed by atoms with Crippen LogP contribution in [-0.4, -0.2) is 25.9 Å². The predicted octanol–water partition coefficient (Wildman–Crippen LogP) is 3.18. The molecule has 1 atom stereocenters. The third-order valence-electron chi connectivity index (χ3n) is 3.48. The highest BCUT2D eigenvalue weighted by Crippen LogP contribution is 2.31. The molecular weight excluding hydrogens is 302 g/mol. The van der Waals surface area contributed by atoms with Crippen LogP contribution >= 0.6 is 11.6 Å². The van der Waals surface area contributed by atoms with Crippen molar-refractivity contribution in [3.8, 4) is 11.5 Å². The van der Waals surface area contributed by atoms with Gasteiger partial charge in [0.15, 0.2) is 11.5 Å². The van der Waals surface area contributed by atoms with E-state index in [0.29, 0.717) is 23.1 Å². The van der Waals surface area contributed by atoms with Gasteiger partial charge in [0.05, 0.1) is 26.9 Å². The van der Waals surface area contributed by atoms with Gasteiger partial charge in [0.25, 0.3) is 0 Å². The Bertz CT molecular complexity index is 601. The van der Waals surface area contributed by atoms with Crippen LogP contribution in [0.2, 0.25) is 5.02 Å². The van der Waals surface area contributed by atoms with Crippen molar-refractivity contribution in [2.45, 2.75) is 12.6 Å². The molecular formula is C17H20ClNO3. The molecule has 1 unspecified atom stereocenters. The second kappa shape index (κ2) is 8.03. The van der Waals surface area contributed by atoms with Crippen molar-refractivity contribution in [3.05, 3.63) is 58.6 Å². The molecule has 22 heavy (non-hydrogen) atoms. The van der Waals surface area contributed by atoms with Crippen LogP contribution in [0.1, 0.15) is 17.2 Å². The second-order valence-electron chi connectivity index (χ2n) is 4.82. The van der Waals surface area contributed by atoms with Crippen LogP contribution < -0.4 is 14.8 Å². The first-order chi connectivity index (χ1) is 10.7. The minimum absolute atomic E-state index is 0.00604. The first-order valence-electron chi connectivity index (χ1n) is 6.99. The predicted molar refractivity (Wildman–Crippen MR) is 87.7 cm³/mol. The topological polar surface area (TPSA) is 50.7 Å². The fraction of sp³-hybridized carbons (Fsp3) is 0.294. The van der Waals surface area contributed by atoms with E-state index in [1.165, 1.54) is 0 Å². The Labute approximate surface area is 135 Å². The molecule has 2 rings (SSSR count). The lowest BCUT2D eigenvalue weighted by Crippen LogP contribution is -2.24. The van der Waals surface area contributed by atoms with E-state index < -0.39 is 0 Å². The molecule has 5 heteroatoms. The maximum absolute atomic E-state index is 9.60. The highest BCUT2D eigenvalue weighted by Gasteiger charge is 2.13. The highest BCUT2D eigenvalue weighted by molar-refractivity contribution is 6.30. The number of benzene rings is 2. The van der Waals surface area contributed by atoms with Crippen LogP contribution in [0.5, 0.6) is 11.5 Å². The number of aliphatic hydroxyl groups excluding tert-OH is 1. The molecule has 0 bridgehead atoms. The van der Waals surface area contributed by atoms with E-state index in [-0.39, 0.29) is 12.6 Å². The summed E-state index contributed by atoms with van der Waals surface area (Å²) >= 11 is 5.89. The number of halogens is 1. The van der Waals surface area contributed by atoms with E-state index >= 15 is 0 Å². The molecule has 0 heterocycles. The molecule has 0 amide bonds. The zero-order valence-electron chi connectivity index (χ0n) is 12.7. The molecule has 118 valence electrons. The first kappa shape index (κ1) is 16.6. The maximum Gasteiger partial charge on any atom is 0.165 e. The number of hydrogen-bond acceptors (Lipinski definition) is 4. The summed E-state index contributed by atoms with van der Waals surface area (Å²) in [6.45, 7) is 0.544. The molecule has 2 aromatic rings. The monoisotopic (exact) mass is 321 g/mol. The fourth-order valence-corrected chi connectivity index (χ4v) is 2.43. The van der Waals surface area contributed by atoms with Crippen molar-refractivity contribution in [1.82, 2.24) is 5.32 Å². The number of nitrogens with one attached hydrogen (secondary N) is 1. The second-order valence-corrected chi connectivity index (χ2v) is 5.26. The van der Waals surface area contributed by atoms with E-state index in [1.54, 1.807) is 14.2 Å². The van der Waals surface area contributed by atoms with Gasteiger partial charge >= 0.3 is 0 Å². The lowest BCUT2D eigenvalue weighted by atomic mass is 10.1. The first-order valence-corrected chi connectivity index (χ1v) is 7.37. The quantitative estimate of drug-likeness (QED) is 0.822. The Balaban J connectivity index is 2.12. The largest absolute Gasteiger partial charge is 0.493 e. The normalized spacial score (nSPS) is 12.0. The van der Waals surface area contributed by atoms with E-state index in [4.69, 9.17) is 21.1 Å². The Hall–Kier alpha value is -1.75. The smallest absolute Gasteiger partial charge is 0.165 e. The summed E-state index contributed by atoms with van der Waals surface area (Å²) in [7, 11) is 3.23. The van der Waals surface area contributed by atoms with Crippen LogP contribution in [0.3, 0.4) is 0 Å². The van der Waals surface area contributed by atoms with Crippen molar-refractivity contribution in [3.63, 3.8) is 0 Å². The van der Waals surface area contributed by atoms with Gasteiger partial charge in [-0.25, -0.2) is 0 Å². The van der Waals surface area contributed by atoms with E-state index in [1.807, 2.05) is 42.5 Å². The third-order valence-corrected chi connectivity index (χ3v) is 3.73. The zero-order valence-corrected chi connectivity index (χ0v) is 13.4. The highest BCUT2D eigenvalue weighted by atomic mass is 35.5. The molecule has 0 aliphatic rings. The summed E-state index contributed by atoms with van der Waals surface area (Å²) in [6.07, 6.45) is 0. The number of para-hydroxylation sites is 1. The standard InChI is InChI=1S/C17H20ClNO3/c1-21-16-5-3-4-13(17(16)22-2)10-19-15(11-20)12-6-8-14(18)9-7-12/h3-9,15,19-20H,10-11H2,1-2H3. The Kier molecular flexibility index (Phi) is 6.07. The molecule has 0 aliphatic carbocycles. The third kappa shape index (κ3) is 3.91. The fourth-order valence-electron chi connectivity index (χ4n) is 2.31. The van der Waals surface area contributed by atoms with E-state index in [2.05, 4.69) is 5.32 Å². The van der Waals surface area contributed by atoms with Crippen molar-refractivity contribution >= 4 is 11.6 Å². The van der Waals surface area contributed by atoms with Crippen LogP contribution in [0.15, 0.2) is 42.5 Å². The van der Waals surface area contributed by atoms with Gasteiger partial charge in [0.1, 0.15) is 0 Å². The summed E-state index contributed by atoms with van der Waals surface area (Å²) in [5.41, 5.74) is 1.95. The lowest BCUT2D eigenvalue weighted by molar-refractivity contribution is 0.243.